The molecule has 0 N–H and O–H groups in total. The Kier molecular flexibility index (Phi) is 5.22. The monoisotopic (exact) mass is 305 g/mol. The Bertz CT molecular complexity index is 673. The number of hydrogen-bond donors (Lipinski definition) is 0. The Balaban J connectivity index is 2.32. The van der Waals surface area contributed by atoms with Gasteiger partial charge in [0.05, 0.1) is 6.61 Å². The van der Waals surface area contributed by atoms with E-state index in [0.29, 0.717) is 24.4 Å². The second kappa shape index (κ2) is 7.13. The number of anilines is 1. The lowest BCUT2D eigenvalue weighted by atomic mass is 10.1. The van der Waals surface area contributed by atoms with Gasteiger partial charge >= 0.3 is 0 Å². The highest BCUT2D eigenvalue weighted by Crippen LogP contribution is 2.20. The predicted molar refractivity (Wildman–Crippen MR) is 80.9 cm³/mol. The van der Waals surface area contributed by atoms with E-state index >= 15 is 0 Å². The van der Waals surface area contributed by atoms with Crippen LogP contribution in [0, 0.1) is 11.6 Å². The molecule has 5 heteroatoms. The summed E-state index contributed by atoms with van der Waals surface area (Å²) in [6, 6.07) is 10.5. The average molecular weight is 305 g/mol. The fourth-order valence-corrected chi connectivity index (χ4v) is 2.21. The van der Waals surface area contributed by atoms with Crippen molar-refractivity contribution in [2.75, 3.05) is 18.6 Å². The zero-order valence-corrected chi connectivity index (χ0v) is 12.5. The van der Waals surface area contributed by atoms with Gasteiger partial charge in [-0.1, -0.05) is 12.1 Å². The van der Waals surface area contributed by atoms with Crippen molar-refractivity contribution in [3.8, 4) is 0 Å². The summed E-state index contributed by atoms with van der Waals surface area (Å²) in [6.45, 7) is 2.52. The van der Waals surface area contributed by atoms with Crippen LogP contribution in [0.2, 0.25) is 0 Å². The van der Waals surface area contributed by atoms with Gasteiger partial charge in [0.15, 0.2) is 11.6 Å². The van der Waals surface area contributed by atoms with Crippen molar-refractivity contribution in [2.24, 2.45) is 0 Å². The summed E-state index contributed by atoms with van der Waals surface area (Å²) in [5.41, 5.74) is 1.67. The van der Waals surface area contributed by atoms with E-state index in [1.54, 1.807) is 32.2 Å². The molecular weight excluding hydrogens is 288 g/mol. The molecule has 3 nitrogen and oxygen atoms in total. The van der Waals surface area contributed by atoms with Gasteiger partial charge < -0.3 is 9.64 Å². The first-order chi connectivity index (χ1) is 10.6. The largest absolute Gasteiger partial charge is 0.380 e. The Morgan fingerprint density at radius 1 is 1.14 bits per heavy atom. The minimum absolute atomic E-state index is 0.272. The first-order valence-electron chi connectivity index (χ1n) is 6.91. The molecule has 0 spiro atoms. The number of halogens is 2. The highest BCUT2D eigenvalue weighted by Gasteiger charge is 2.17. The van der Waals surface area contributed by atoms with Crippen molar-refractivity contribution in [2.45, 2.75) is 13.5 Å². The van der Waals surface area contributed by atoms with Crippen LogP contribution in [-0.4, -0.2) is 19.6 Å². The third-order valence-electron chi connectivity index (χ3n) is 3.26. The number of ether oxygens (including phenoxy) is 1. The van der Waals surface area contributed by atoms with Crippen LogP contribution in [0.5, 0.6) is 0 Å². The van der Waals surface area contributed by atoms with Crippen molar-refractivity contribution >= 4 is 11.6 Å². The van der Waals surface area contributed by atoms with Crippen molar-refractivity contribution in [3.05, 3.63) is 65.2 Å². The zero-order chi connectivity index (χ0) is 16.1. The summed E-state index contributed by atoms with van der Waals surface area (Å²) in [6.07, 6.45) is 0. The van der Waals surface area contributed by atoms with Crippen LogP contribution in [0.3, 0.4) is 0 Å². The molecule has 0 aromatic heterocycles. The van der Waals surface area contributed by atoms with E-state index in [1.165, 1.54) is 11.0 Å². The quantitative estimate of drug-likeness (QED) is 0.841. The maximum Gasteiger partial charge on any atom is 0.258 e. The van der Waals surface area contributed by atoms with E-state index in [2.05, 4.69) is 0 Å². The molecule has 0 atom stereocenters. The Morgan fingerprint density at radius 3 is 2.55 bits per heavy atom. The van der Waals surface area contributed by atoms with Gasteiger partial charge in [0.2, 0.25) is 0 Å². The number of rotatable bonds is 5. The van der Waals surface area contributed by atoms with Crippen LogP contribution < -0.4 is 4.90 Å². The van der Waals surface area contributed by atoms with Crippen LogP contribution in [0.1, 0.15) is 22.8 Å². The predicted octanol–water partition coefficient (Wildman–Crippen LogP) is 3.78. The summed E-state index contributed by atoms with van der Waals surface area (Å²) >= 11 is 0. The molecule has 0 aliphatic heterocycles. The third kappa shape index (κ3) is 3.49. The Labute approximate surface area is 128 Å². The van der Waals surface area contributed by atoms with E-state index in [9.17, 15) is 13.6 Å². The van der Waals surface area contributed by atoms with Gasteiger partial charge in [-0.15, -0.1) is 0 Å². The van der Waals surface area contributed by atoms with Crippen LogP contribution in [0.15, 0.2) is 42.5 Å². The smallest absolute Gasteiger partial charge is 0.258 e. The number of amides is 1. The Hall–Kier alpha value is -2.27. The van der Waals surface area contributed by atoms with Crippen molar-refractivity contribution in [3.63, 3.8) is 0 Å². The number of carbonyl (C=O) groups excluding carboxylic acids is 1. The average Bonchev–Trinajstić information content (AvgIpc) is 2.52. The fraction of sp³-hybridized carbons (Fsp3) is 0.235. The SMILES string of the molecule is CCN(C(=O)c1cccc(COC)c1)c1ccc(F)c(F)c1. The molecule has 2 aromatic carbocycles. The van der Waals surface area contributed by atoms with E-state index < -0.39 is 11.6 Å². The number of carbonyl (C=O) groups is 1. The van der Waals surface area contributed by atoms with Crippen molar-refractivity contribution in [1.82, 2.24) is 0 Å². The molecule has 1 amide bonds. The highest BCUT2D eigenvalue weighted by molar-refractivity contribution is 6.06. The van der Waals surface area contributed by atoms with Crippen molar-refractivity contribution < 1.29 is 18.3 Å². The molecule has 0 unspecified atom stereocenters. The first-order valence-corrected chi connectivity index (χ1v) is 6.91. The molecule has 2 aromatic rings. The van der Waals surface area contributed by atoms with E-state index in [4.69, 9.17) is 4.74 Å². The van der Waals surface area contributed by atoms with E-state index in [0.717, 1.165) is 17.7 Å². The summed E-state index contributed by atoms with van der Waals surface area (Å²) in [5, 5.41) is 0. The molecular formula is C17H17F2NO2. The summed E-state index contributed by atoms with van der Waals surface area (Å²) in [5.74, 6) is -2.18. The molecule has 116 valence electrons. The van der Waals surface area contributed by atoms with Crippen molar-refractivity contribution in [1.29, 1.82) is 0 Å². The lowest BCUT2D eigenvalue weighted by Gasteiger charge is -2.21. The number of benzene rings is 2. The third-order valence-corrected chi connectivity index (χ3v) is 3.26. The molecule has 0 heterocycles. The van der Waals surface area contributed by atoms with Gasteiger partial charge in [-0.3, -0.25) is 4.79 Å². The molecule has 0 saturated heterocycles. The first kappa shape index (κ1) is 16.1. The molecule has 0 bridgehead atoms. The van der Waals surface area contributed by atoms with Crippen LogP contribution in [0.25, 0.3) is 0 Å². The standard InChI is InChI=1S/C17H17F2NO2/c1-3-20(14-7-8-15(18)16(19)10-14)17(21)13-6-4-5-12(9-13)11-22-2/h4-10H,3,11H2,1-2H3. The summed E-state index contributed by atoms with van der Waals surface area (Å²) < 4.78 is 31.5. The normalized spacial score (nSPS) is 10.5. The van der Waals surface area contributed by atoms with Crippen LogP contribution >= 0.6 is 0 Å². The van der Waals surface area contributed by atoms with E-state index in [-0.39, 0.29) is 5.91 Å². The molecule has 0 radical (unpaired) electrons. The minimum Gasteiger partial charge on any atom is -0.380 e. The number of nitrogens with zero attached hydrogens (tertiary/aromatic N) is 1. The van der Waals surface area contributed by atoms with Gasteiger partial charge in [0.25, 0.3) is 5.91 Å². The van der Waals surface area contributed by atoms with Crippen LogP contribution in [-0.2, 0) is 11.3 Å². The molecule has 0 saturated carbocycles. The maximum atomic E-state index is 13.4. The minimum atomic E-state index is -0.975. The number of hydrogen-bond acceptors (Lipinski definition) is 2. The van der Waals surface area contributed by atoms with Gasteiger partial charge in [-0.25, -0.2) is 8.78 Å². The molecule has 0 fully saturated rings. The van der Waals surface area contributed by atoms with Gasteiger partial charge in [0.1, 0.15) is 0 Å². The molecule has 22 heavy (non-hydrogen) atoms. The molecule has 0 aliphatic carbocycles. The van der Waals surface area contributed by atoms with Gasteiger partial charge in [0, 0.05) is 31.0 Å². The second-order valence-corrected chi connectivity index (χ2v) is 4.78. The maximum absolute atomic E-state index is 13.4. The Morgan fingerprint density at radius 2 is 1.91 bits per heavy atom. The topological polar surface area (TPSA) is 29.5 Å². The second-order valence-electron chi connectivity index (χ2n) is 4.78. The number of methoxy groups -OCH3 is 1. The highest BCUT2D eigenvalue weighted by atomic mass is 19.2. The lowest BCUT2D eigenvalue weighted by Crippen LogP contribution is -2.30. The summed E-state index contributed by atoms with van der Waals surface area (Å²) in [4.78, 5) is 14.0. The molecule has 2 rings (SSSR count). The summed E-state index contributed by atoms with van der Waals surface area (Å²) in [7, 11) is 1.58. The molecule has 0 aliphatic rings. The zero-order valence-electron chi connectivity index (χ0n) is 12.5. The van der Waals surface area contributed by atoms with E-state index in [1.807, 2.05) is 6.07 Å². The van der Waals surface area contributed by atoms with Gasteiger partial charge in [-0.05, 0) is 36.8 Å². The van der Waals surface area contributed by atoms with Gasteiger partial charge in [-0.2, -0.15) is 0 Å². The lowest BCUT2D eigenvalue weighted by molar-refractivity contribution is 0.0988. The van der Waals surface area contributed by atoms with Crippen LogP contribution in [0.4, 0.5) is 14.5 Å². The fourth-order valence-electron chi connectivity index (χ4n) is 2.21.